The average molecular weight is 526 g/mol. The molecule has 7 nitrogen and oxygen atoms in total. The summed E-state index contributed by atoms with van der Waals surface area (Å²) in [5.41, 5.74) is 2.14. The first-order chi connectivity index (χ1) is 14.0. The third-order valence-corrected chi connectivity index (χ3v) is 4.14. The third-order valence-electron chi connectivity index (χ3n) is 4.14. The predicted octanol–water partition coefficient (Wildman–Crippen LogP) is 3.04. The largest absolute Gasteiger partial charge is 0.497 e. The number of halogens is 1. The molecule has 0 aromatic heterocycles. The number of likely N-dealkylation sites (N-methyl/N-ethyl adjacent to an activating group) is 1. The van der Waals surface area contributed by atoms with E-state index >= 15 is 0 Å². The Morgan fingerprint density at radius 3 is 2.40 bits per heavy atom. The number of nitrogens with one attached hydrogen (secondary N) is 2. The second-order valence-electron chi connectivity index (χ2n) is 6.62. The maximum absolute atomic E-state index is 11.7. The number of guanidine groups is 1. The van der Waals surface area contributed by atoms with Gasteiger partial charge in [0.05, 0.1) is 13.7 Å². The Labute approximate surface area is 195 Å². The molecule has 0 aliphatic heterocycles. The molecule has 2 aromatic carbocycles. The molecule has 1 amide bonds. The Hall–Kier alpha value is -2.49. The van der Waals surface area contributed by atoms with Crippen molar-refractivity contribution in [3.05, 3.63) is 59.7 Å². The summed E-state index contributed by atoms with van der Waals surface area (Å²) in [7, 11) is 5.07. The van der Waals surface area contributed by atoms with E-state index in [1.54, 1.807) is 21.2 Å². The van der Waals surface area contributed by atoms with E-state index in [-0.39, 0.29) is 36.5 Å². The van der Waals surface area contributed by atoms with Crippen LogP contribution in [0.1, 0.15) is 18.1 Å². The number of carbonyl (C=O) groups is 1. The number of carbonyl (C=O) groups excluding carboxylic acids is 1. The topological polar surface area (TPSA) is 75.2 Å². The van der Waals surface area contributed by atoms with E-state index in [1.807, 2.05) is 55.5 Å². The van der Waals surface area contributed by atoms with Crippen LogP contribution in [0.15, 0.2) is 53.5 Å². The van der Waals surface area contributed by atoms with E-state index in [2.05, 4.69) is 15.6 Å². The quantitative estimate of drug-likeness (QED) is 0.299. The number of ether oxygens (including phenoxy) is 2. The van der Waals surface area contributed by atoms with E-state index in [4.69, 9.17) is 9.47 Å². The van der Waals surface area contributed by atoms with Crippen LogP contribution in [0.4, 0.5) is 0 Å². The summed E-state index contributed by atoms with van der Waals surface area (Å²) >= 11 is 0. The number of amides is 1. The Bertz CT molecular complexity index is 810. The maximum atomic E-state index is 11.7. The van der Waals surface area contributed by atoms with E-state index in [0.29, 0.717) is 18.8 Å². The van der Waals surface area contributed by atoms with Crippen molar-refractivity contribution in [3.63, 3.8) is 0 Å². The molecule has 0 aliphatic rings. The molecule has 2 rings (SSSR count). The second-order valence-corrected chi connectivity index (χ2v) is 6.62. The van der Waals surface area contributed by atoms with Crippen LogP contribution < -0.4 is 20.1 Å². The van der Waals surface area contributed by atoms with Crippen molar-refractivity contribution in [1.29, 1.82) is 0 Å². The zero-order chi connectivity index (χ0) is 21.1. The molecule has 0 aliphatic carbocycles. The van der Waals surface area contributed by atoms with E-state index in [0.717, 1.165) is 29.4 Å². The fraction of sp³-hybridized carbons (Fsp3) is 0.364. The van der Waals surface area contributed by atoms with Crippen molar-refractivity contribution in [3.8, 4) is 11.5 Å². The lowest BCUT2D eigenvalue weighted by molar-refractivity contribution is -0.130. The summed E-state index contributed by atoms with van der Waals surface area (Å²) in [5, 5.41) is 6.57. The standard InChI is InChI=1S/C22H30N4O3.HI/c1-5-23-22(24-14-17-9-11-19(28-4)12-10-17)25-15-18-7-6-8-20(13-18)29-16-21(27)26(2)3;/h6-13H,5,14-16H2,1-4H3,(H2,23,24,25);1H. The Kier molecular flexibility index (Phi) is 11.7. The van der Waals surface area contributed by atoms with Crippen molar-refractivity contribution in [2.45, 2.75) is 20.0 Å². The van der Waals surface area contributed by atoms with Crippen LogP contribution in [0.2, 0.25) is 0 Å². The lowest BCUT2D eigenvalue weighted by Crippen LogP contribution is -2.36. The minimum Gasteiger partial charge on any atom is -0.497 e. The fourth-order valence-corrected chi connectivity index (χ4v) is 2.45. The molecule has 2 aromatic rings. The van der Waals surface area contributed by atoms with Crippen LogP contribution in [0.5, 0.6) is 11.5 Å². The molecule has 2 N–H and O–H groups in total. The average Bonchev–Trinajstić information content (AvgIpc) is 2.74. The van der Waals surface area contributed by atoms with Gasteiger partial charge in [0.1, 0.15) is 11.5 Å². The van der Waals surface area contributed by atoms with E-state index in [9.17, 15) is 4.79 Å². The number of hydrogen-bond acceptors (Lipinski definition) is 4. The van der Waals surface area contributed by atoms with Crippen LogP contribution in [-0.4, -0.2) is 51.1 Å². The normalized spacial score (nSPS) is 10.6. The molecule has 0 spiro atoms. The first-order valence-electron chi connectivity index (χ1n) is 9.58. The third kappa shape index (κ3) is 8.89. The summed E-state index contributed by atoms with van der Waals surface area (Å²) in [6.07, 6.45) is 0. The minimum atomic E-state index is -0.0782. The SMILES string of the molecule is CCNC(=NCc1cccc(OCC(=O)N(C)C)c1)NCc1ccc(OC)cc1.I. The minimum absolute atomic E-state index is 0. The van der Waals surface area contributed by atoms with Crippen LogP contribution in [-0.2, 0) is 17.9 Å². The highest BCUT2D eigenvalue weighted by Gasteiger charge is 2.05. The molecule has 0 bridgehead atoms. The van der Waals surface area contributed by atoms with Gasteiger partial charge in [0.25, 0.3) is 5.91 Å². The van der Waals surface area contributed by atoms with Gasteiger partial charge in [0.2, 0.25) is 0 Å². The number of methoxy groups -OCH3 is 1. The van der Waals surface area contributed by atoms with Crippen molar-refractivity contribution >= 4 is 35.8 Å². The lowest BCUT2D eigenvalue weighted by Gasteiger charge is -2.13. The maximum Gasteiger partial charge on any atom is 0.259 e. The molecular weight excluding hydrogens is 495 g/mol. The number of hydrogen-bond donors (Lipinski definition) is 2. The van der Waals surface area contributed by atoms with Crippen LogP contribution in [0, 0.1) is 0 Å². The molecule has 0 unspecified atom stereocenters. The first kappa shape index (κ1) is 25.5. The van der Waals surface area contributed by atoms with Crippen molar-refractivity contribution < 1.29 is 14.3 Å². The van der Waals surface area contributed by atoms with Gasteiger partial charge >= 0.3 is 0 Å². The molecule has 0 radical (unpaired) electrons. The molecule has 0 atom stereocenters. The number of rotatable bonds is 9. The molecule has 30 heavy (non-hydrogen) atoms. The second kappa shape index (κ2) is 13.7. The molecule has 164 valence electrons. The Morgan fingerprint density at radius 1 is 1.03 bits per heavy atom. The van der Waals surface area contributed by atoms with Crippen LogP contribution in [0.25, 0.3) is 0 Å². The summed E-state index contributed by atoms with van der Waals surface area (Å²) in [5.74, 6) is 2.15. The van der Waals surface area contributed by atoms with Gasteiger partial charge in [-0.1, -0.05) is 24.3 Å². The summed E-state index contributed by atoms with van der Waals surface area (Å²) in [6.45, 7) is 3.97. The van der Waals surface area contributed by atoms with Crippen LogP contribution >= 0.6 is 24.0 Å². The Morgan fingerprint density at radius 2 is 1.77 bits per heavy atom. The zero-order valence-corrected chi connectivity index (χ0v) is 20.3. The van der Waals surface area contributed by atoms with Gasteiger partial charge < -0.3 is 25.0 Å². The highest BCUT2D eigenvalue weighted by molar-refractivity contribution is 14.0. The smallest absolute Gasteiger partial charge is 0.259 e. The molecule has 0 fully saturated rings. The zero-order valence-electron chi connectivity index (χ0n) is 18.0. The monoisotopic (exact) mass is 526 g/mol. The summed E-state index contributed by atoms with van der Waals surface area (Å²) in [4.78, 5) is 17.8. The van der Waals surface area contributed by atoms with E-state index in [1.165, 1.54) is 4.90 Å². The summed E-state index contributed by atoms with van der Waals surface area (Å²) in [6, 6.07) is 15.5. The lowest BCUT2D eigenvalue weighted by atomic mass is 10.2. The number of nitrogens with zero attached hydrogens (tertiary/aromatic N) is 2. The molecular formula is C22H31IN4O3. The molecule has 0 heterocycles. The fourth-order valence-electron chi connectivity index (χ4n) is 2.45. The van der Waals surface area contributed by atoms with Gasteiger partial charge in [-0.25, -0.2) is 4.99 Å². The first-order valence-corrected chi connectivity index (χ1v) is 9.58. The predicted molar refractivity (Wildman–Crippen MR) is 131 cm³/mol. The summed E-state index contributed by atoms with van der Waals surface area (Å²) < 4.78 is 10.8. The molecule has 0 saturated heterocycles. The van der Waals surface area contributed by atoms with Crippen molar-refractivity contribution in [1.82, 2.24) is 15.5 Å². The van der Waals surface area contributed by atoms with Gasteiger partial charge in [0.15, 0.2) is 12.6 Å². The number of aliphatic imine (C=N–C) groups is 1. The van der Waals surface area contributed by atoms with Crippen molar-refractivity contribution in [2.75, 3.05) is 34.4 Å². The van der Waals surface area contributed by atoms with Gasteiger partial charge in [-0.15, -0.1) is 24.0 Å². The van der Waals surface area contributed by atoms with Gasteiger partial charge in [-0.2, -0.15) is 0 Å². The number of benzene rings is 2. The van der Waals surface area contributed by atoms with Crippen LogP contribution in [0.3, 0.4) is 0 Å². The Balaban J connectivity index is 0.00000450. The van der Waals surface area contributed by atoms with Crippen molar-refractivity contribution in [2.24, 2.45) is 4.99 Å². The highest BCUT2D eigenvalue weighted by Crippen LogP contribution is 2.14. The van der Waals surface area contributed by atoms with Gasteiger partial charge in [0, 0.05) is 27.2 Å². The van der Waals surface area contributed by atoms with Gasteiger partial charge in [-0.3, -0.25) is 4.79 Å². The van der Waals surface area contributed by atoms with E-state index < -0.39 is 0 Å². The highest BCUT2D eigenvalue weighted by atomic mass is 127. The molecule has 8 heteroatoms. The van der Waals surface area contributed by atoms with Gasteiger partial charge in [-0.05, 0) is 42.3 Å². The molecule has 0 saturated carbocycles.